The fourth-order valence-electron chi connectivity index (χ4n) is 3.53. The van der Waals surface area contributed by atoms with Crippen LogP contribution in [0.2, 0.25) is 0 Å². The Morgan fingerprint density at radius 2 is 2.29 bits per heavy atom. The van der Waals surface area contributed by atoms with Gasteiger partial charge in [-0.25, -0.2) is 4.39 Å². The van der Waals surface area contributed by atoms with Crippen molar-refractivity contribution in [3.05, 3.63) is 30.1 Å². The number of aliphatic imine (C=N–C) groups is 1. The average Bonchev–Trinajstić information content (AvgIpc) is 3.20. The third-order valence-electron chi connectivity index (χ3n) is 4.86. The number of guanidine groups is 1. The van der Waals surface area contributed by atoms with Gasteiger partial charge in [0.05, 0.1) is 18.2 Å². The monoisotopic (exact) mass is 334 g/mol. The molecule has 2 fully saturated rings. The van der Waals surface area contributed by atoms with Gasteiger partial charge in [0.1, 0.15) is 5.82 Å². The third-order valence-corrected chi connectivity index (χ3v) is 4.86. The lowest BCUT2D eigenvalue weighted by molar-refractivity contribution is 0.0992. The van der Waals surface area contributed by atoms with Crippen LogP contribution >= 0.6 is 0 Å². The summed E-state index contributed by atoms with van der Waals surface area (Å²) in [5.74, 6) is 0.639. The first-order valence-electron chi connectivity index (χ1n) is 8.75. The lowest BCUT2D eigenvalue weighted by Gasteiger charge is -2.23. The lowest BCUT2D eigenvalue weighted by atomic mass is 9.96. The molecular weight excluding hydrogens is 307 g/mol. The quantitative estimate of drug-likeness (QED) is 0.475. The Labute approximate surface area is 143 Å². The van der Waals surface area contributed by atoms with E-state index in [1.165, 1.54) is 12.5 Å². The number of hydrogen-bond donors (Lipinski definition) is 2. The van der Waals surface area contributed by atoms with Gasteiger partial charge >= 0.3 is 0 Å². The third kappa shape index (κ3) is 4.17. The number of anilines is 1. The summed E-state index contributed by atoms with van der Waals surface area (Å²) in [4.78, 5) is 6.36. The zero-order chi connectivity index (χ0) is 16.9. The summed E-state index contributed by atoms with van der Waals surface area (Å²) in [5.41, 5.74) is 0.900. The van der Waals surface area contributed by atoms with Crippen molar-refractivity contribution in [3.8, 4) is 0 Å². The Morgan fingerprint density at radius 1 is 1.42 bits per heavy atom. The van der Waals surface area contributed by atoms with Crippen molar-refractivity contribution in [2.24, 2.45) is 4.99 Å². The number of rotatable bonds is 6. The number of nitrogens with one attached hydrogen (secondary N) is 2. The summed E-state index contributed by atoms with van der Waals surface area (Å²) >= 11 is 0. The second-order valence-electron chi connectivity index (χ2n) is 6.61. The SMILES string of the molecule is CN=C(NCCCN(C)c1cccc(F)c1)NC1CC2CCC1O2. The summed E-state index contributed by atoms with van der Waals surface area (Å²) in [6.07, 6.45) is 5.14. The van der Waals surface area contributed by atoms with E-state index in [0.717, 1.165) is 44.0 Å². The molecule has 2 saturated heterocycles. The summed E-state index contributed by atoms with van der Waals surface area (Å²) in [6, 6.07) is 7.07. The molecule has 1 aromatic carbocycles. The minimum absolute atomic E-state index is 0.199. The topological polar surface area (TPSA) is 48.9 Å². The highest BCUT2D eigenvalue weighted by atomic mass is 19.1. The standard InChI is InChI=1S/C18H27FN4O/c1-20-18(22-16-12-15-7-8-17(16)24-15)21-9-4-10-23(2)14-6-3-5-13(19)11-14/h3,5-6,11,15-17H,4,7-10,12H2,1-2H3,(H2,20,21,22). The Hall–Kier alpha value is -1.82. The van der Waals surface area contributed by atoms with Gasteiger partial charge in [-0.15, -0.1) is 0 Å². The molecule has 2 aliphatic rings. The minimum Gasteiger partial charge on any atom is -0.374 e. The van der Waals surface area contributed by atoms with Crippen LogP contribution < -0.4 is 15.5 Å². The van der Waals surface area contributed by atoms with Crippen LogP contribution in [-0.2, 0) is 4.74 Å². The Morgan fingerprint density at radius 3 is 2.96 bits per heavy atom. The highest BCUT2D eigenvalue weighted by Crippen LogP contribution is 2.34. The normalized spacial score (nSPS) is 25.8. The highest BCUT2D eigenvalue weighted by molar-refractivity contribution is 5.80. The first kappa shape index (κ1) is 17.0. The van der Waals surface area contributed by atoms with Gasteiger partial charge in [-0.1, -0.05) is 6.07 Å². The molecule has 0 radical (unpaired) electrons. The van der Waals surface area contributed by atoms with Crippen LogP contribution in [0, 0.1) is 5.82 Å². The van der Waals surface area contributed by atoms with Crippen LogP contribution in [0.5, 0.6) is 0 Å². The second-order valence-corrected chi connectivity index (χ2v) is 6.61. The van der Waals surface area contributed by atoms with Crippen LogP contribution in [-0.4, -0.2) is 51.4 Å². The molecule has 2 bridgehead atoms. The molecule has 0 amide bonds. The summed E-state index contributed by atoms with van der Waals surface area (Å²) in [5, 5.41) is 6.83. The van der Waals surface area contributed by atoms with Gasteiger partial charge in [0.2, 0.25) is 0 Å². The van der Waals surface area contributed by atoms with Crippen LogP contribution in [0.15, 0.2) is 29.3 Å². The zero-order valence-electron chi connectivity index (χ0n) is 14.5. The summed E-state index contributed by atoms with van der Waals surface area (Å²) < 4.78 is 19.1. The van der Waals surface area contributed by atoms with Crippen molar-refractivity contribution in [2.75, 3.05) is 32.1 Å². The van der Waals surface area contributed by atoms with E-state index in [1.807, 2.05) is 13.1 Å². The summed E-state index contributed by atoms with van der Waals surface area (Å²) in [6.45, 7) is 1.67. The molecule has 0 aromatic heterocycles. The number of benzene rings is 1. The van der Waals surface area contributed by atoms with E-state index in [0.29, 0.717) is 18.2 Å². The predicted molar refractivity (Wildman–Crippen MR) is 95.1 cm³/mol. The van der Waals surface area contributed by atoms with Crippen LogP contribution in [0.1, 0.15) is 25.7 Å². The number of hydrogen-bond acceptors (Lipinski definition) is 3. The van der Waals surface area contributed by atoms with Gasteiger partial charge in [0.25, 0.3) is 0 Å². The van der Waals surface area contributed by atoms with Gasteiger partial charge in [0, 0.05) is 32.9 Å². The number of fused-ring (bicyclic) bond motifs is 2. The maximum Gasteiger partial charge on any atom is 0.191 e. The molecule has 132 valence electrons. The molecule has 5 nitrogen and oxygen atoms in total. The molecule has 24 heavy (non-hydrogen) atoms. The molecule has 2 aliphatic heterocycles. The van der Waals surface area contributed by atoms with Crippen molar-refractivity contribution < 1.29 is 9.13 Å². The fraction of sp³-hybridized carbons (Fsp3) is 0.611. The average molecular weight is 334 g/mol. The first-order valence-corrected chi connectivity index (χ1v) is 8.75. The zero-order valence-corrected chi connectivity index (χ0v) is 14.5. The van der Waals surface area contributed by atoms with Crippen molar-refractivity contribution in [1.29, 1.82) is 0 Å². The Balaban J connectivity index is 1.37. The smallest absolute Gasteiger partial charge is 0.191 e. The largest absolute Gasteiger partial charge is 0.374 e. The lowest BCUT2D eigenvalue weighted by Crippen LogP contribution is -2.47. The fourth-order valence-corrected chi connectivity index (χ4v) is 3.53. The minimum atomic E-state index is -0.199. The number of ether oxygens (including phenoxy) is 1. The predicted octanol–water partition coefficient (Wildman–Crippen LogP) is 2.14. The molecule has 2 heterocycles. The highest BCUT2D eigenvalue weighted by Gasteiger charge is 2.41. The Kier molecular flexibility index (Phi) is 5.56. The molecule has 3 rings (SSSR count). The maximum atomic E-state index is 13.3. The van der Waals surface area contributed by atoms with E-state index in [4.69, 9.17) is 4.74 Å². The van der Waals surface area contributed by atoms with Crippen molar-refractivity contribution in [1.82, 2.24) is 10.6 Å². The maximum absolute atomic E-state index is 13.3. The van der Waals surface area contributed by atoms with E-state index >= 15 is 0 Å². The van der Waals surface area contributed by atoms with Crippen molar-refractivity contribution in [3.63, 3.8) is 0 Å². The molecular formula is C18H27FN4O. The van der Waals surface area contributed by atoms with Crippen LogP contribution in [0.25, 0.3) is 0 Å². The van der Waals surface area contributed by atoms with Crippen molar-refractivity contribution in [2.45, 2.75) is 43.9 Å². The van der Waals surface area contributed by atoms with E-state index < -0.39 is 0 Å². The second kappa shape index (κ2) is 7.83. The number of nitrogens with zero attached hydrogens (tertiary/aromatic N) is 2. The summed E-state index contributed by atoms with van der Waals surface area (Å²) in [7, 11) is 3.77. The van der Waals surface area contributed by atoms with E-state index in [-0.39, 0.29) is 5.82 Å². The van der Waals surface area contributed by atoms with E-state index in [2.05, 4.69) is 20.5 Å². The van der Waals surface area contributed by atoms with Gasteiger partial charge in [0.15, 0.2) is 5.96 Å². The first-order chi connectivity index (χ1) is 11.7. The van der Waals surface area contributed by atoms with Gasteiger partial charge < -0.3 is 20.3 Å². The molecule has 1 aromatic rings. The van der Waals surface area contributed by atoms with E-state index in [1.54, 1.807) is 19.2 Å². The molecule has 0 aliphatic carbocycles. The van der Waals surface area contributed by atoms with Gasteiger partial charge in [-0.05, 0) is 43.9 Å². The molecule has 6 heteroatoms. The molecule has 3 atom stereocenters. The Bertz CT molecular complexity index is 580. The van der Waals surface area contributed by atoms with Crippen LogP contribution in [0.4, 0.5) is 10.1 Å². The van der Waals surface area contributed by atoms with Crippen molar-refractivity contribution >= 4 is 11.6 Å². The molecule has 0 saturated carbocycles. The molecule has 2 N–H and O–H groups in total. The van der Waals surface area contributed by atoms with Gasteiger partial charge in [-0.2, -0.15) is 0 Å². The molecule has 3 unspecified atom stereocenters. The van der Waals surface area contributed by atoms with E-state index in [9.17, 15) is 4.39 Å². The number of halogens is 1. The van der Waals surface area contributed by atoms with Crippen LogP contribution in [0.3, 0.4) is 0 Å². The molecule has 0 spiro atoms. The van der Waals surface area contributed by atoms with Gasteiger partial charge in [-0.3, -0.25) is 4.99 Å².